The van der Waals surface area contributed by atoms with Crippen LogP contribution in [-0.4, -0.2) is 0 Å². The van der Waals surface area contributed by atoms with Crippen LogP contribution < -0.4 is 0 Å². The molecule has 1 heteroatoms. The van der Waals surface area contributed by atoms with Gasteiger partial charge in [-0.3, -0.25) is 0 Å². The molecule has 0 N–H and O–H groups in total. The van der Waals surface area contributed by atoms with Crippen LogP contribution in [0, 0.1) is 23.5 Å². The summed E-state index contributed by atoms with van der Waals surface area (Å²) in [4.78, 5) is 0. The highest BCUT2D eigenvalue weighted by Crippen LogP contribution is 1.96. The highest BCUT2D eigenvalue weighted by atomic mass is 14.2. The predicted molar refractivity (Wildman–Crippen MR) is 37.6 cm³/mol. The van der Waals surface area contributed by atoms with Crippen molar-refractivity contribution < 1.29 is 0 Å². The van der Waals surface area contributed by atoms with Crippen LogP contribution in [0.5, 0.6) is 0 Å². The molecule has 0 fully saturated rings. The van der Waals surface area contributed by atoms with Crippen molar-refractivity contribution in [2.45, 2.75) is 0 Å². The van der Waals surface area contributed by atoms with Gasteiger partial charge in [0.25, 0.3) is 0 Å². The Kier molecular flexibility index (Phi) is 2.28. The topological polar surface area (TPSA) is 23.8 Å². The van der Waals surface area contributed by atoms with Gasteiger partial charge in [-0.15, -0.1) is 0 Å². The minimum atomic E-state index is 0.879. The van der Waals surface area contributed by atoms with Gasteiger partial charge in [-0.1, -0.05) is 30.3 Å². The number of nitriles is 1. The smallest absolute Gasteiger partial charge is 0.101 e. The second kappa shape index (κ2) is 3.47. The Morgan fingerprint density at radius 2 is 1.80 bits per heavy atom. The van der Waals surface area contributed by atoms with Gasteiger partial charge in [0.05, 0.1) is 6.08 Å². The average molecular weight is 127 g/mol. The van der Waals surface area contributed by atoms with Crippen molar-refractivity contribution in [2.24, 2.45) is 0 Å². The van der Waals surface area contributed by atoms with Crippen molar-refractivity contribution in [1.82, 2.24) is 0 Å². The summed E-state index contributed by atoms with van der Waals surface area (Å²) >= 11 is 0. The van der Waals surface area contributed by atoms with E-state index in [1.165, 1.54) is 0 Å². The van der Waals surface area contributed by atoms with Crippen molar-refractivity contribution in [3.05, 3.63) is 48.0 Å². The molecule has 0 saturated carbocycles. The summed E-state index contributed by atoms with van der Waals surface area (Å²) in [5, 5.41) is 8.10. The first-order valence-electron chi connectivity index (χ1n) is 2.88. The van der Waals surface area contributed by atoms with E-state index in [0.717, 1.165) is 5.56 Å². The van der Waals surface area contributed by atoms with Gasteiger partial charge in [0.2, 0.25) is 0 Å². The first-order chi connectivity index (χ1) is 4.93. The molecule has 2 radical (unpaired) electrons. The fourth-order valence-corrected chi connectivity index (χ4v) is 0.622. The molecule has 1 rings (SSSR count). The van der Waals surface area contributed by atoms with Gasteiger partial charge in [0, 0.05) is 6.08 Å². The highest BCUT2D eigenvalue weighted by Gasteiger charge is 1.80. The maximum absolute atomic E-state index is 8.10. The first kappa shape index (κ1) is 6.57. The molecule has 0 unspecified atom stereocenters. The SMILES string of the molecule is N#C/[C]=[C]/c1ccccc1. The third-order valence-corrected chi connectivity index (χ3v) is 1.04. The molecule has 0 bridgehead atoms. The molecular weight excluding hydrogens is 122 g/mol. The lowest BCUT2D eigenvalue weighted by molar-refractivity contribution is 1.49. The van der Waals surface area contributed by atoms with Crippen LogP contribution in [0.1, 0.15) is 5.56 Å². The van der Waals surface area contributed by atoms with Gasteiger partial charge >= 0.3 is 0 Å². The molecule has 0 aliphatic carbocycles. The van der Waals surface area contributed by atoms with E-state index >= 15 is 0 Å². The zero-order valence-electron chi connectivity index (χ0n) is 5.33. The summed E-state index contributed by atoms with van der Waals surface area (Å²) in [5.74, 6) is 0. The molecule has 0 aliphatic heterocycles. The van der Waals surface area contributed by atoms with E-state index in [9.17, 15) is 0 Å². The van der Waals surface area contributed by atoms with Crippen molar-refractivity contribution >= 4 is 0 Å². The van der Waals surface area contributed by atoms with Crippen molar-refractivity contribution in [3.63, 3.8) is 0 Å². The molecule has 1 nitrogen and oxygen atoms in total. The van der Waals surface area contributed by atoms with E-state index in [0.29, 0.717) is 0 Å². The summed E-state index contributed by atoms with van der Waals surface area (Å²) in [6.45, 7) is 0. The van der Waals surface area contributed by atoms with E-state index in [4.69, 9.17) is 5.26 Å². The summed E-state index contributed by atoms with van der Waals surface area (Å²) < 4.78 is 0. The van der Waals surface area contributed by atoms with E-state index < -0.39 is 0 Å². The van der Waals surface area contributed by atoms with E-state index in [-0.39, 0.29) is 0 Å². The Morgan fingerprint density at radius 3 is 2.40 bits per heavy atom. The van der Waals surface area contributed by atoms with Crippen LogP contribution in [0.2, 0.25) is 0 Å². The molecule has 0 aromatic heterocycles. The maximum Gasteiger partial charge on any atom is 0.101 e. The lowest BCUT2D eigenvalue weighted by atomic mass is 10.2. The van der Waals surface area contributed by atoms with Crippen LogP contribution in [0.15, 0.2) is 30.3 Å². The van der Waals surface area contributed by atoms with Gasteiger partial charge in [0.1, 0.15) is 6.07 Å². The lowest BCUT2D eigenvalue weighted by Gasteiger charge is -1.85. The fourth-order valence-electron chi connectivity index (χ4n) is 0.622. The van der Waals surface area contributed by atoms with Gasteiger partial charge < -0.3 is 0 Å². The molecule has 1 aromatic carbocycles. The Morgan fingerprint density at radius 1 is 1.10 bits per heavy atom. The Labute approximate surface area is 60.2 Å². The second-order valence-electron chi connectivity index (χ2n) is 1.73. The van der Waals surface area contributed by atoms with Crippen LogP contribution in [0.4, 0.5) is 0 Å². The number of allylic oxidation sites excluding steroid dienone is 1. The Balaban J connectivity index is 2.79. The predicted octanol–water partition coefficient (Wildman–Crippen LogP) is 1.72. The summed E-state index contributed by atoms with van der Waals surface area (Å²) in [6.07, 6.45) is 5.00. The molecule has 46 valence electrons. The number of rotatable bonds is 1. The molecule has 10 heavy (non-hydrogen) atoms. The third-order valence-electron chi connectivity index (χ3n) is 1.04. The van der Waals surface area contributed by atoms with Crippen LogP contribution in [0.3, 0.4) is 0 Å². The van der Waals surface area contributed by atoms with Gasteiger partial charge in [-0.2, -0.15) is 5.26 Å². The molecule has 0 spiro atoms. The summed E-state index contributed by atoms with van der Waals surface area (Å²) in [6, 6.07) is 11.2. The monoisotopic (exact) mass is 127 g/mol. The summed E-state index contributed by atoms with van der Waals surface area (Å²) in [7, 11) is 0. The number of nitrogens with zero attached hydrogens (tertiary/aromatic N) is 1. The van der Waals surface area contributed by atoms with Gasteiger partial charge in [0.15, 0.2) is 0 Å². The zero-order valence-corrected chi connectivity index (χ0v) is 5.33. The molecule has 1 aromatic rings. The first-order valence-corrected chi connectivity index (χ1v) is 2.88. The van der Waals surface area contributed by atoms with E-state index in [2.05, 4.69) is 12.2 Å². The highest BCUT2D eigenvalue weighted by molar-refractivity contribution is 5.21. The minimum absolute atomic E-state index is 0.879. The molecule has 0 atom stereocenters. The van der Waals surface area contributed by atoms with Gasteiger partial charge in [-0.25, -0.2) is 0 Å². The van der Waals surface area contributed by atoms with Crippen LogP contribution in [0.25, 0.3) is 0 Å². The maximum atomic E-state index is 8.10. The standard InChI is InChI=1S/C9H5N/c10-8-4-7-9-5-2-1-3-6-9/h1-3,5-6H. The average Bonchev–Trinajstić information content (AvgIpc) is 2.03. The quantitative estimate of drug-likeness (QED) is 0.527. The summed E-state index contributed by atoms with van der Waals surface area (Å²) in [5.41, 5.74) is 0.879. The number of hydrogen-bond donors (Lipinski definition) is 0. The molecular formula is C9H5N. The Hall–Kier alpha value is -1.55. The number of benzene rings is 1. The molecule has 0 heterocycles. The van der Waals surface area contributed by atoms with E-state index in [1.54, 1.807) is 6.07 Å². The van der Waals surface area contributed by atoms with Crippen LogP contribution in [-0.2, 0) is 0 Å². The van der Waals surface area contributed by atoms with Crippen molar-refractivity contribution in [2.75, 3.05) is 0 Å². The molecule has 0 saturated heterocycles. The normalized spacial score (nSPS) is 9.50. The van der Waals surface area contributed by atoms with Crippen LogP contribution >= 0.6 is 0 Å². The minimum Gasteiger partial charge on any atom is -0.192 e. The van der Waals surface area contributed by atoms with Crippen molar-refractivity contribution in [3.8, 4) is 6.07 Å². The zero-order chi connectivity index (χ0) is 7.23. The second-order valence-corrected chi connectivity index (χ2v) is 1.73. The fraction of sp³-hybridized carbons (Fsp3) is 0. The molecule has 0 aliphatic rings. The molecule has 0 amide bonds. The largest absolute Gasteiger partial charge is 0.192 e. The number of hydrogen-bond acceptors (Lipinski definition) is 1. The van der Waals surface area contributed by atoms with E-state index in [1.807, 2.05) is 30.3 Å². The Bertz CT molecular complexity index is 254. The lowest BCUT2D eigenvalue weighted by Crippen LogP contribution is -1.69. The van der Waals surface area contributed by atoms with Crippen molar-refractivity contribution in [1.29, 1.82) is 5.26 Å². The third kappa shape index (κ3) is 1.75. The van der Waals surface area contributed by atoms with Gasteiger partial charge in [-0.05, 0) is 5.56 Å².